The maximum absolute atomic E-state index is 5.57. The van der Waals surface area contributed by atoms with Gasteiger partial charge in [-0.1, -0.05) is 25.9 Å². The summed E-state index contributed by atoms with van der Waals surface area (Å²) in [5, 5.41) is 11.1. The number of nitrogens with zero attached hydrogens (tertiary/aromatic N) is 3. The van der Waals surface area contributed by atoms with Gasteiger partial charge in [-0.3, -0.25) is 4.98 Å². The second-order valence-corrected chi connectivity index (χ2v) is 6.81. The van der Waals surface area contributed by atoms with Gasteiger partial charge in [-0.05, 0) is 31.9 Å². The van der Waals surface area contributed by atoms with Crippen LogP contribution in [0.15, 0.2) is 25.8 Å². The van der Waals surface area contributed by atoms with Gasteiger partial charge in [0.15, 0.2) is 0 Å². The molecule has 0 aliphatic rings. The molecule has 102 valence electrons. The molecule has 0 radical (unpaired) electrons. The Balaban J connectivity index is 2.09. The van der Waals surface area contributed by atoms with E-state index in [2.05, 4.69) is 52.4 Å². The normalized spacial score (nSPS) is 11.6. The van der Waals surface area contributed by atoms with E-state index < -0.39 is 0 Å². The van der Waals surface area contributed by atoms with Crippen LogP contribution in [0.1, 0.15) is 32.2 Å². The molecule has 0 saturated heterocycles. The minimum Gasteiger partial charge on any atom is -0.408 e. The topological polar surface area (TPSA) is 63.8 Å². The van der Waals surface area contributed by atoms with Crippen LogP contribution in [0.3, 0.4) is 0 Å². The molecule has 0 aliphatic carbocycles. The summed E-state index contributed by atoms with van der Waals surface area (Å²) >= 11 is 6.92. The third-order valence-electron chi connectivity index (χ3n) is 2.44. The van der Waals surface area contributed by atoms with Gasteiger partial charge in [0.25, 0.3) is 0 Å². The van der Waals surface area contributed by atoms with Crippen molar-refractivity contribution in [2.24, 2.45) is 0 Å². The predicted molar refractivity (Wildman–Crippen MR) is 80.0 cm³/mol. The van der Waals surface area contributed by atoms with Crippen molar-refractivity contribution in [1.82, 2.24) is 15.2 Å². The summed E-state index contributed by atoms with van der Waals surface area (Å²) in [5.41, 5.74) is 0.899. The summed E-state index contributed by atoms with van der Waals surface area (Å²) < 4.78 is 7.41. The number of halogens is 2. The van der Waals surface area contributed by atoms with E-state index in [1.807, 2.05) is 20.8 Å². The van der Waals surface area contributed by atoms with Gasteiger partial charge in [0.2, 0.25) is 5.89 Å². The number of pyridine rings is 1. The van der Waals surface area contributed by atoms with Crippen LogP contribution in [-0.4, -0.2) is 15.2 Å². The molecule has 2 rings (SSSR count). The second kappa shape index (κ2) is 5.58. The zero-order chi connectivity index (χ0) is 14.0. The number of rotatable bonds is 3. The van der Waals surface area contributed by atoms with Crippen molar-refractivity contribution in [2.45, 2.75) is 32.7 Å². The molecular weight excluding hydrogens is 376 g/mol. The Morgan fingerprint density at radius 3 is 2.32 bits per heavy atom. The largest absolute Gasteiger partial charge is 0.408 e. The van der Waals surface area contributed by atoms with Gasteiger partial charge < -0.3 is 9.73 Å². The number of hydrogen-bond donors (Lipinski definition) is 1. The van der Waals surface area contributed by atoms with Crippen molar-refractivity contribution in [2.75, 3.05) is 5.32 Å². The lowest BCUT2D eigenvalue weighted by Crippen LogP contribution is -2.11. The smallest absolute Gasteiger partial charge is 0.315 e. The Hall–Kier alpha value is -0.950. The van der Waals surface area contributed by atoms with E-state index in [1.165, 1.54) is 0 Å². The van der Waals surface area contributed by atoms with Crippen LogP contribution in [-0.2, 0) is 12.0 Å². The minimum atomic E-state index is -0.148. The van der Waals surface area contributed by atoms with Gasteiger partial charge >= 0.3 is 6.01 Å². The molecular formula is C12H14Br2N4O. The molecule has 0 saturated carbocycles. The Morgan fingerprint density at radius 1 is 1.16 bits per heavy atom. The van der Waals surface area contributed by atoms with E-state index in [9.17, 15) is 0 Å². The highest BCUT2D eigenvalue weighted by Crippen LogP contribution is 2.26. The van der Waals surface area contributed by atoms with Gasteiger partial charge in [0, 0.05) is 38.9 Å². The number of hydrogen-bond acceptors (Lipinski definition) is 5. The van der Waals surface area contributed by atoms with Crippen LogP contribution in [0.2, 0.25) is 0 Å². The van der Waals surface area contributed by atoms with Crippen molar-refractivity contribution in [3.05, 3.63) is 32.8 Å². The van der Waals surface area contributed by atoms with E-state index in [4.69, 9.17) is 4.42 Å². The average Bonchev–Trinajstić information content (AvgIpc) is 2.77. The lowest BCUT2D eigenvalue weighted by molar-refractivity contribution is 0.399. The molecule has 7 heteroatoms. The van der Waals surface area contributed by atoms with Crippen LogP contribution in [0, 0.1) is 0 Å². The Kier molecular flexibility index (Phi) is 4.25. The molecule has 0 fully saturated rings. The van der Waals surface area contributed by atoms with Crippen molar-refractivity contribution in [3.8, 4) is 0 Å². The van der Waals surface area contributed by atoms with Gasteiger partial charge in [0.1, 0.15) is 0 Å². The van der Waals surface area contributed by atoms with Crippen molar-refractivity contribution in [3.63, 3.8) is 0 Å². The van der Waals surface area contributed by atoms with E-state index in [0.717, 1.165) is 14.5 Å². The molecule has 2 aromatic rings. The molecule has 0 amide bonds. The number of anilines is 1. The minimum absolute atomic E-state index is 0.148. The summed E-state index contributed by atoms with van der Waals surface area (Å²) in [6, 6.07) is 0.417. The summed E-state index contributed by atoms with van der Waals surface area (Å²) in [4.78, 5) is 4.06. The fraction of sp³-hybridized carbons (Fsp3) is 0.417. The van der Waals surface area contributed by atoms with Gasteiger partial charge in [0.05, 0.1) is 0 Å². The molecule has 2 aromatic heterocycles. The Morgan fingerprint density at radius 2 is 1.79 bits per heavy atom. The first-order valence-electron chi connectivity index (χ1n) is 5.73. The van der Waals surface area contributed by atoms with Crippen LogP contribution in [0.25, 0.3) is 0 Å². The fourth-order valence-electron chi connectivity index (χ4n) is 1.37. The summed E-state index contributed by atoms with van der Waals surface area (Å²) in [6.45, 7) is 6.65. The van der Waals surface area contributed by atoms with Crippen LogP contribution in [0.5, 0.6) is 0 Å². The van der Waals surface area contributed by atoms with Gasteiger partial charge in [-0.25, -0.2) is 0 Å². The maximum atomic E-state index is 5.57. The Labute approximate surface area is 128 Å². The zero-order valence-corrected chi connectivity index (χ0v) is 14.0. The van der Waals surface area contributed by atoms with E-state index in [-0.39, 0.29) is 5.41 Å². The second-order valence-electron chi connectivity index (χ2n) is 5.10. The van der Waals surface area contributed by atoms with Gasteiger partial charge in [-0.15, -0.1) is 5.10 Å². The average molecular weight is 390 g/mol. The van der Waals surface area contributed by atoms with Crippen LogP contribution >= 0.6 is 31.9 Å². The highest BCUT2D eigenvalue weighted by Gasteiger charge is 2.21. The lowest BCUT2D eigenvalue weighted by Gasteiger charge is -2.11. The molecule has 0 bridgehead atoms. The molecule has 5 nitrogen and oxygen atoms in total. The molecule has 1 N–H and O–H groups in total. The predicted octanol–water partition coefficient (Wildman–Crippen LogP) is 3.90. The number of nitrogens with one attached hydrogen (secondary N) is 1. The lowest BCUT2D eigenvalue weighted by atomic mass is 9.97. The third-order valence-corrected chi connectivity index (χ3v) is 3.80. The van der Waals surface area contributed by atoms with E-state index >= 15 is 0 Å². The summed E-state index contributed by atoms with van der Waals surface area (Å²) in [6.07, 6.45) is 3.49. The fourth-order valence-corrected chi connectivity index (χ4v) is 2.58. The standard InChI is InChI=1S/C12H14Br2N4O/c1-12(2,3)10-17-18-11(19-10)16-4-7-8(13)5-15-6-9(7)14/h5-6H,4H2,1-3H3,(H,16,18). The summed E-state index contributed by atoms with van der Waals surface area (Å²) in [5.74, 6) is 0.614. The first-order valence-corrected chi connectivity index (χ1v) is 7.32. The van der Waals surface area contributed by atoms with Crippen LogP contribution in [0.4, 0.5) is 6.01 Å². The van der Waals surface area contributed by atoms with Gasteiger partial charge in [-0.2, -0.15) is 0 Å². The number of aromatic nitrogens is 3. The first kappa shape index (κ1) is 14.5. The summed E-state index contributed by atoms with van der Waals surface area (Å²) in [7, 11) is 0. The monoisotopic (exact) mass is 388 g/mol. The SMILES string of the molecule is CC(C)(C)c1nnc(NCc2c(Br)cncc2Br)o1. The molecule has 0 aliphatic heterocycles. The van der Waals surface area contributed by atoms with Crippen molar-refractivity contribution < 1.29 is 4.42 Å². The van der Waals surface area contributed by atoms with Crippen molar-refractivity contribution >= 4 is 37.9 Å². The van der Waals surface area contributed by atoms with E-state index in [0.29, 0.717) is 18.5 Å². The zero-order valence-electron chi connectivity index (χ0n) is 10.9. The van der Waals surface area contributed by atoms with Crippen LogP contribution < -0.4 is 5.32 Å². The Bertz CT molecular complexity index is 557. The molecule has 0 aromatic carbocycles. The first-order chi connectivity index (χ1) is 8.88. The maximum Gasteiger partial charge on any atom is 0.315 e. The molecule has 0 atom stereocenters. The third kappa shape index (κ3) is 3.54. The van der Waals surface area contributed by atoms with Crippen molar-refractivity contribution in [1.29, 1.82) is 0 Å². The molecule has 19 heavy (non-hydrogen) atoms. The molecule has 0 spiro atoms. The highest BCUT2D eigenvalue weighted by molar-refractivity contribution is 9.11. The quantitative estimate of drug-likeness (QED) is 0.862. The molecule has 0 unspecified atom stereocenters. The van der Waals surface area contributed by atoms with E-state index in [1.54, 1.807) is 12.4 Å². The highest BCUT2D eigenvalue weighted by atomic mass is 79.9. The molecule has 2 heterocycles.